The molecule has 0 spiro atoms. The van der Waals surface area contributed by atoms with Crippen molar-refractivity contribution in [2.45, 2.75) is 13.1 Å². The Balaban J connectivity index is 2.13. The molecule has 2 aromatic heterocycles. The maximum Gasteiger partial charge on any atom is 0.327 e. The highest BCUT2D eigenvalue weighted by Crippen LogP contribution is 2.16. The van der Waals surface area contributed by atoms with E-state index in [-0.39, 0.29) is 11.0 Å². The molecule has 2 aromatic rings. The summed E-state index contributed by atoms with van der Waals surface area (Å²) >= 11 is 3.20. The summed E-state index contributed by atoms with van der Waals surface area (Å²) in [4.78, 5) is 31.1. The third-order valence-electron chi connectivity index (χ3n) is 2.59. The summed E-state index contributed by atoms with van der Waals surface area (Å²) in [6.45, 7) is 0.184. The molecule has 0 saturated carbocycles. The van der Waals surface area contributed by atoms with Gasteiger partial charge in [0.1, 0.15) is 17.3 Å². The van der Waals surface area contributed by atoms with Crippen LogP contribution >= 0.6 is 15.9 Å². The zero-order chi connectivity index (χ0) is 15.2. The Bertz CT molecular complexity index is 689. The molecule has 0 unspecified atom stereocenters. The van der Waals surface area contributed by atoms with Gasteiger partial charge in [-0.3, -0.25) is 9.59 Å². The van der Waals surface area contributed by atoms with Gasteiger partial charge < -0.3 is 10.1 Å². The van der Waals surface area contributed by atoms with E-state index in [1.165, 1.54) is 19.6 Å². The molecule has 2 heterocycles. The van der Waals surface area contributed by atoms with Gasteiger partial charge in [0.25, 0.3) is 5.56 Å². The minimum Gasteiger partial charge on any atom is -0.468 e. The number of ether oxygens (including phenoxy) is 1. The molecule has 0 aromatic carbocycles. The van der Waals surface area contributed by atoms with E-state index in [2.05, 4.69) is 41.1 Å². The molecule has 2 rings (SSSR count). The molecule has 0 bridgehead atoms. The highest BCUT2D eigenvalue weighted by atomic mass is 79.9. The number of halogens is 1. The minimum atomic E-state index is -0.543. The monoisotopic (exact) mass is 353 g/mol. The average Bonchev–Trinajstić information content (AvgIpc) is 2.52. The topological polar surface area (TPSA) is 99.0 Å². The molecule has 0 saturated heterocycles. The largest absolute Gasteiger partial charge is 0.468 e. The van der Waals surface area contributed by atoms with Crippen LogP contribution in [-0.2, 0) is 22.6 Å². The third kappa shape index (κ3) is 3.85. The Morgan fingerprint density at radius 1 is 1.52 bits per heavy atom. The molecule has 8 nitrogen and oxygen atoms in total. The second kappa shape index (κ2) is 6.93. The Hall–Kier alpha value is -2.29. The molecular formula is C12H12BrN5O3. The van der Waals surface area contributed by atoms with Gasteiger partial charge >= 0.3 is 5.97 Å². The third-order valence-corrected chi connectivity index (χ3v) is 3.36. The van der Waals surface area contributed by atoms with Gasteiger partial charge in [0.15, 0.2) is 0 Å². The highest BCUT2D eigenvalue weighted by Gasteiger charge is 2.11. The number of methoxy groups -OCH3 is 1. The van der Waals surface area contributed by atoms with Crippen LogP contribution in [0, 0.1) is 0 Å². The lowest BCUT2D eigenvalue weighted by Gasteiger charge is -2.09. The number of rotatable bonds is 5. The van der Waals surface area contributed by atoms with Gasteiger partial charge in [0.2, 0.25) is 0 Å². The quantitative estimate of drug-likeness (QED) is 0.784. The van der Waals surface area contributed by atoms with Crippen molar-refractivity contribution in [3.8, 4) is 0 Å². The minimum absolute atomic E-state index is 0.236. The molecule has 0 radical (unpaired) electrons. The van der Waals surface area contributed by atoms with Crippen LogP contribution in [-0.4, -0.2) is 32.8 Å². The van der Waals surface area contributed by atoms with Crippen molar-refractivity contribution >= 4 is 27.6 Å². The predicted molar refractivity (Wildman–Crippen MR) is 77.6 cm³/mol. The first kappa shape index (κ1) is 15.1. The normalized spacial score (nSPS) is 10.2. The van der Waals surface area contributed by atoms with Crippen LogP contribution in [0.15, 0.2) is 34.1 Å². The zero-order valence-corrected chi connectivity index (χ0v) is 12.7. The Kier molecular flexibility index (Phi) is 4.99. The van der Waals surface area contributed by atoms with Gasteiger partial charge in [-0.15, -0.1) is 0 Å². The molecular weight excluding hydrogens is 342 g/mol. The fourth-order valence-corrected chi connectivity index (χ4v) is 1.94. The van der Waals surface area contributed by atoms with E-state index in [0.717, 1.165) is 10.4 Å². The van der Waals surface area contributed by atoms with E-state index in [1.54, 1.807) is 12.3 Å². The average molecular weight is 354 g/mol. The van der Waals surface area contributed by atoms with Gasteiger partial charge in [-0.2, -0.15) is 5.10 Å². The number of carbonyl (C=O) groups is 1. The number of esters is 1. The van der Waals surface area contributed by atoms with Gasteiger partial charge in [0.05, 0.1) is 31.2 Å². The van der Waals surface area contributed by atoms with Crippen molar-refractivity contribution in [1.29, 1.82) is 0 Å². The highest BCUT2D eigenvalue weighted by molar-refractivity contribution is 9.10. The first-order valence-corrected chi connectivity index (χ1v) is 6.72. The van der Waals surface area contributed by atoms with Crippen molar-refractivity contribution in [2.24, 2.45) is 0 Å². The van der Waals surface area contributed by atoms with E-state index < -0.39 is 11.5 Å². The Morgan fingerprint density at radius 3 is 3.00 bits per heavy atom. The van der Waals surface area contributed by atoms with E-state index >= 15 is 0 Å². The van der Waals surface area contributed by atoms with Crippen LogP contribution in [0.25, 0.3) is 0 Å². The Labute approximate surface area is 128 Å². The number of hydrogen-bond acceptors (Lipinski definition) is 7. The second-order valence-corrected chi connectivity index (χ2v) is 4.76. The van der Waals surface area contributed by atoms with Crippen LogP contribution in [0.5, 0.6) is 0 Å². The summed E-state index contributed by atoms with van der Waals surface area (Å²) in [6, 6.07) is 1.76. The van der Waals surface area contributed by atoms with Crippen molar-refractivity contribution in [3.05, 3.63) is 45.3 Å². The summed E-state index contributed by atoms with van der Waals surface area (Å²) in [5.74, 6) is -0.543. The fraction of sp³-hybridized carbons (Fsp3) is 0.250. The molecule has 110 valence electrons. The van der Waals surface area contributed by atoms with Gasteiger partial charge in [0, 0.05) is 6.20 Å². The first-order valence-electron chi connectivity index (χ1n) is 5.93. The maximum absolute atomic E-state index is 12.0. The summed E-state index contributed by atoms with van der Waals surface area (Å²) in [6.07, 6.45) is 4.53. The Morgan fingerprint density at radius 2 is 2.33 bits per heavy atom. The predicted octanol–water partition coefficient (Wildman–Crippen LogP) is 0.581. The standard InChI is InChI=1S/C12H12BrN5O3/c1-21-10(19)6-18-12(20)11(13)9(5-17-18)15-4-8-2-3-14-7-16-8/h2-3,5,7,15H,4,6H2,1H3. The summed E-state index contributed by atoms with van der Waals surface area (Å²) in [5, 5.41) is 6.95. The van der Waals surface area contributed by atoms with Crippen LogP contribution < -0.4 is 10.9 Å². The van der Waals surface area contributed by atoms with E-state index in [0.29, 0.717) is 12.2 Å². The van der Waals surface area contributed by atoms with Crippen LogP contribution in [0.4, 0.5) is 5.69 Å². The lowest BCUT2D eigenvalue weighted by atomic mass is 10.4. The van der Waals surface area contributed by atoms with Crippen molar-refractivity contribution in [2.75, 3.05) is 12.4 Å². The summed E-state index contributed by atoms with van der Waals surface area (Å²) < 4.78 is 5.81. The molecule has 0 amide bonds. The lowest BCUT2D eigenvalue weighted by Crippen LogP contribution is -2.28. The first-order chi connectivity index (χ1) is 10.1. The van der Waals surface area contributed by atoms with Gasteiger partial charge in [-0.1, -0.05) is 0 Å². The smallest absolute Gasteiger partial charge is 0.327 e. The molecule has 9 heteroatoms. The zero-order valence-electron chi connectivity index (χ0n) is 11.1. The molecule has 0 aliphatic rings. The molecule has 0 atom stereocenters. The number of carbonyl (C=O) groups excluding carboxylic acids is 1. The van der Waals surface area contributed by atoms with E-state index in [4.69, 9.17) is 0 Å². The maximum atomic E-state index is 12.0. The van der Waals surface area contributed by atoms with Crippen LogP contribution in [0.2, 0.25) is 0 Å². The summed E-state index contributed by atoms with van der Waals surface area (Å²) in [7, 11) is 1.25. The fourth-order valence-electron chi connectivity index (χ4n) is 1.50. The van der Waals surface area contributed by atoms with E-state index in [1.807, 2.05) is 0 Å². The molecule has 0 aliphatic carbocycles. The lowest BCUT2D eigenvalue weighted by molar-refractivity contribution is -0.141. The second-order valence-electron chi connectivity index (χ2n) is 3.97. The van der Waals surface area contributed by atoms with Crippen molar-refractivity contribution in [1.82, 2.24) is 19.7 Å². The molecule has 0 aliphatic heterocycles. The SMILES string of the molecule is COC(=O)Cn1ncc(NCc2ccncn2)c(Br)c1=O. The molecule has 0 fully saturated rings. The van der Waals surface area contributed by atoms with Crippen molar-refractivity contribution < 1.29 is 9.53 Å². The van der Waals surface area contributed by atoms with Crippen LogP contribution in [0.1, 0.15) is 5.69 Å². The number of aromatic nitrogens is 4. The van der Waals surface area contributed by atoms with Crippen molar-refractivity contribution in [3.63, 3.8) is 0 Å². The number of nitrogens with one attached hydrogen (secondary N) is 1. The number of nitrogens with zero attached hydrogens (tertiary/aromatic N) is 4. The van der Waals surface area contributed by atoms with Gasteiger partial charge in [-0.25, -0.2) is 14.6 Å². The molecule has 21 heavy (non-hydrogen) atoms. The number of hydrogen-bond donors (Lipinski definition) is 1. The van der Waals surface area contributed by atoms with E-state index in [9.17, 15) is 9.59 Å². The van der Waals surface area contributed by atoms with Crippen LogP contribution in [0.3, 0.4) is 0 Å². The molecule has 1 N–H and O–H groups in total. The number of anilines is 1. The van der Waals surface area contributed by atoms with Gasteiger partial charge in [-0.05, 0) is 22.0 Å². The summed E-state index contributed by atoms with van der Waals surface area (Å²) in [5.41, 5.74) is 0.864.